The number of phenols is 2. The number of benzene rings is 3. The van der Waals surface area contributed by atoms with Gasteiger partial charge < -0.3 is 10.2 Å². The second-order valence-electron chi connectivity index (χ2n) is 4.87. The van der Waals surface area contributed by atoms with Crippen molar-refractivity contribution in [3.63, 3.8) is 0 Å². The van der Waals surface area contributed by atoms with Gasteiger partial charge in [-0.3, -0.25) is 0 Å². The van der Waals surface area contributed by atoms with E-state index in [9.17, 15) is 10.2 Å². The summed E-state index contributed by atoms with van der Waals surface area (Å²) in [6.07, 6.45) is 0. The maximum absolute atomic E-state index is 10.3. The first-order valence-corrected chi connectivity index (χ1v) is 7.22. The first-order valence-electron chi connectivity index (χ1n) is 7.22. The summed E-state index contributed by atoms with van der Waals surface area (Å²) in [5.41, 5.74) is 1.40. The van der Waals surface area contributed by atoms with Crippen LogP contribution in [0.3, 0.4) is 0 Å². The van der Waals surface area contributed by atoms with E-state index in [1.165, 1.54) is 12.1 Å². The minimum absolute atomic E-state index is 0.0524. The van der Waals surface area contributed by atoms with E-state index in [0.717, 1.165) is 0 Å². The Bertz CT molecular complexity index is 878. The van der Waals surface area contributed by atoms with Crippen LogP contribution in [0.2, 0.25) is 0 Å². The molecule has 2 N–H and O–H groups in total. The molecule has 0 unspecified atom stereocenters. The molecule has 0 amide bonds. The van der Waals surface area contributed by atoms with Crippen LogP contribution in [0.5, 0.6) is 11.5 Å². The molecule has 0 fully saturated rings. The standard InChI is InChI=1S/C18H14N4O2/c23-16-12-11-15(21-19-13-7-3-1-4-8-13)18(24)17(16)22-20-14-9-5-2-6-10-14/h1-12,23-24H. The lowest BCUT2D eigenvalue weighted by atomic mass is 10.2. The molecule has 0 radical (unpaired) electrons. The van der Waals surface area contributed by atoms with Gasteiger partial charge in [0.2, 0.25) is 0 Å². The van der Waals surface area contributed by atoms with Gasteiger partial charge in [0.1, 0.15) is 11.4 Å². The molecule has 0 spiro atoms. The lowest BCUT2D eigenvalue weighted by Crippen LogP contribution is -1.73. The quantitative estimate of drug-likeness (QED) is 0.584. The third-order valence-electron chi connectivity index (χ3n) is 3.16. The van der Waals surface area contributed by atoms with Crippen LogP contribution in [-0.2, 0) is 0 Å². The number of aromatic hydroxyl groups is 2. The van der Waals surface area contributed by atoms with Crippen LogP contribution < -0.4 is 0 Å². The third-order valence-corrected chi connectivity index (χ3v) is 3.16. The van der Waals surface area contributed by atoms with Crippen molar-refractivity contribution in [3.05, 3.63) is 72.8 Å². The van der Waals surface area contributed by atoms with Gasteiger partial charge in [-0.05, 0) is 36.4 Å². The summed E-state index contributed by atoms with van der Waals surface area (Å²) in [4.78, 5) is 0. The Morgan fingerprint density at radius 2 is 1.08 bits per heavy atom. The SMILES string of the molecule is Oc1ccc(N=Nc2ccccc2)c(O)c1N=Nc1ccccc1. The van der Waals surface area contributed by atoms with Crippen molar-refractivity contribution in [3.8, 4) is 11.5 Å². The molecule has 0 saturated heterocycles. The number of hydrogen-bond donors (Lipinski definition) is 2. The van der Waals surface area contributed by atoms with E-state index in [1.807, 2.05) is 36.4 Å². The van der Waals surface area contributed by atoms with Crippen LogP contribution in [0.15, 0.2) is 93.3 Å². The van der Waals surface area contributed by atoms with Crippen molar-refractivity contribution in [2.45, 2.75) is 0 Å². The molecule has 118 valence electrons. The maximum Gasteiger partial charge on any atom is 0.174 e. The highest BCUT2D eigenvalue weighted by Gasteiger charge is 2.12. The highest BCUT2D eigenvalue weighted by molar-refractivity contribution is 5.71. The first kappa shape index (κ1) is 15.4. The normalized spacial score (nSPS) is 11.3. The predicted molar refractivity (Wildman–Crippen MR) is 91.0 cm³/mol. The lowest BCUT2D eigenvalue weighted by molar-refractivity contribution is 0.453. The monoisotopic (exact) mass is 318 g/mol. The fourth-order valence-corrected chi connectivity index (χ4v) is 1.95. The summed E-state index contributed by atoms with van der Waals surface area (Å²) in [5.74, 6) is -0.472. The summed E-state index contributed by atoms with van der Waals surface area (Å²) in [6, 6.07) is 21.0. The number of phenolic OH excluding ortho intramolecular Hbond substituents is 2. The summed E-state index contributed by atoms with van der Waals surface area (Å²) >= 11 is 0. The van der Waals surface area contributed by atoms with E-state index in [-0.39, 0.29) is 22.9 Å². The van der Waals surface area contributed by atoms with Crippen molar-refractivity contribution >= 4 is 22.7 Å². The summed E-state index contributed by atoms with van der Waals surface area (Å²) in [5, 5.41) is 36.1. The maximum atomic E-state index is 10.3. The number of azo groups is 2. The average Bonchev–Trinajstić information content (AvgIpc) is 2.63. The largest absolute Gasteiger partial charge is 0.505 e. The van der Waals surface area contributed by atoms with Crippen molar-refractivity contribution in [2.24, 2.45) is 20.5 Å². The van der Waals surface area contributed by atoms with E-state index in [0.29, 0.717) is 11.4 Å². The molecule has 3 aromatic carbocycles. The van der Waals surface area contributed by atoms with Crippen LogP contribution in [0, 0.1) is 0 Å². The predicted octanol–water partition coefficient (Wildman–Crippen LogP) is 5.93. The molecule has 0 aliphatic heterocycles. The van der Waals surface area contributed by atoms with Gasteiger partial charge in [0.25, 0.3) is 0 Å². The molecule has 0 aliphatic carbocycles. The molecule has 3 aromatic rings. The highest BCUT2D eigenvalue weighted by atomic mass is 16.3. The van der Waals surface area contributed by atoms with Gasteiger partial charge >= 0.3 is 0 Å². The van der Waals surface area contributed by atoms with Crippen LogP contribution in [0.4, 0.5) is 22.7 Å². The van der Waals surface area contributed by atoms with Crippen molar-refractivity contribution in [2.75, 3.05) is 0 Å². The Hall–Kier alpha value is -3.54. The molecule has 0 atom stereocenters. The van der Waals surface area contributed by atoms with Gasteiger partial charge in [-0.1, -0.05) is 36.4 Å². The fraction of sp³-hybridized carbons (Fsp3) is 0. The zero-order valence-corrected chi connectivity index (χ0v) is 12.6. The molecular weight excluding hydrogens is 304 g/mol. The van der Waals surface area contributed by atoms with Crippen LogP contribution in [0.25, 0.3) is 0 Å². The number of hydrogen-bond acceptors (Lipinski definition) is 6. The molecule has 0 aliphatic rings. The van der Waals surface area contributed by atoms with Gasteiger partial charge in [-0.25, -0.2) is 0 Å². The van der Waals surface area contributed by atoms with Crippen LogP contribution in [-0.4, -0.2) is 10.2 Å². The summed E-state index contributed by atoms with van der Waals surface area (Å²) < 4.78 is 0. The molecule has 3 rings (SSSR count). The van der Waals surface area contributed by atoms with Gasteiger partial charge in [0.05, 0.1) is 11.4 Å². The van der Waals surface area contributed by atoms with Gasteiger partial charge in [-0.15, -0.1) is 10.2 Å². The molecule has 6 nitrogen and oxygen atoms in total. The molecule has 0 heterocycles. The minimum atomic E-state index is -0.283. The minimum Gasteiger partial charge on any atom is -0.505 e. The molecule has 0 bridgehead atoms. The Morgan fingerprint density at radius 1 is 0.542 bits per heavy atom. The fourth-order valence-electron chi connectivity index (χ4n) is 1.95. The zero-order chi connectivity index (χ0) is 16.8. The van der Waals surface area contributed by atoms with Crippen molar-refractivity contribution in [1.82, 2.24) is 0 Å². The van der Waals surface area contributed by atoms with E-state index < -0.39 is 0 Å². The highest BCUT2D eigenvalue weighted by Crippen LogP contribution is 2.43. The first-order chi connectivity index (χ1) is 11.7. The smallest absolute Gasteiger partial charge is 0.174 e. The zero-order valence-electron chi connectivity index (χ0n) is 12.6. The summed E-state index contributed by atoms with van der Waals surface area (Å²) in [6.45, 7) is 0. The second kappa shape index (κ2) is 7.15. The lowest BCUT2D eigenvalue weighted by Gasteiger charge is -2.03. The Morgan fingerprint density at radius 3 is 1.67 bits per heavy atom. The Kier molecular flexibility index (Phi) is 4.57. The second-order valence-corrected chi connectivity index (χ2v) is 4.87. The molecule has 6 heteroatoms. The third kappa shape index (κ3) is 3.61. The van der Waals surface area contributed by atoms with E-state index in [1.54, 1.807) is 24.3 Å². The molecule has 0 saturated carbocycles. The molecule has 0 aromatic heterocycles. The van der Waals surface area contributed by atoms with E-state index in [4.69, 9.17) is 0 Å². The van der Waals surface area contributed by atoms with Gasteiger partial charge in [0, 0.05) is 0 Å². The number of rotatable bonds is 4. The van der Waals surface area contributed by atoms with E-state index in [2.05, 4.69) is 20.5 Å². The Labute approximate surface area is 138 Å². The van der Waals surface area contributed by atoms with Crippen LogP contribution >= 0.6 is 0 Å². The van der Waals surface area contributed by atoms with Gasteiger partial charge in [-0.2, -0.15) is 10.2 Å². The Balaban J connectivity index is 1.90. The van der Waals surface area contributed by atoms with Crippen molar-refractivity contribution < 1.29 is 10.2 Å². The average molecular weight is 318 g/mol. The molecular formula is C18H14N4O2. The summed E-state index contributed by atoms with van der Waals surface area (Å²) in [7, 11) is 0. The topological polar surface area (TPSA) is 89.9 Å². The van der Waals surface area contributed by atoms with E-state index >= 15 is 0 Å². The van der Waals surface area contributed by atoms with Gasteiger partial charge in [0.15, 0.2) is 11.4 Å². The van der Waals surface area contributed by atoms with Crippen LogP contribution in [0.1, 0.15) is 0 Å². The van der Waals surface area contributed by atoms with Crippen molar-refractivity contribution in [1.29, 1.82) is 0 Å². The number of nitrogens with zero attached hydrogens (tertiary/aromatic N) is 4. The molecule has 24 heavy (non-hydrogen) atoms.